The van der Waals surface area contributed by atoms with E-state index in [0.29, 0.717) is 16.6 Å². The van der Waals surface area contributed by atoms with Crippen LogP contribution in [0.3, 0.4) is 0 Å². The van der Waals surface area contributed by atoms with Crippen LogP contribution in [0.2, 0.25) is 5.15 Å². The summed E-state index contributed by atoms with van der Waals surface area (Å²) in [5.41, 5.74) is 1.54. The number of carbonyl (C=O) groups excluding carboxylic acids is 1. The molecule has 0 bridgehead atoms. The quantitative estimate of drug-likeness (QED) is 0.601. The number of esters is 1. The summed E-state index contributed by atoms with van der Waals surface area (Å²) in [5, 5.41) is 0.346. The monoisotopic (exact) mass is 309 g/mol. The van der Waals surface area contributed by atoms with Gasteiger partial charge in [0.25, 0.3) is 0 Å². The molecule has 0 amide bonds. The number of hydrogen-bond donors (Lipinski definition) is 0. The van der Waals surface area contributed by atoms with Crippen LogP contribution in [-0.4, -0.2) is 17.1 Å². The molecule has 0 N–H and O–H groups in total. The van der Waals surface area contributed by atoms with Gasteiger partial charge in [-0.25, -0.2) is 9.78 Å². The van der Waals surface area contributed by atoms with Crippen molar-refractivity contribution in [3.05, 3.63) is 28.5 Å². The van der Waals surface area contributed by atoms with Crippen LogP contribution >= 0.6 is 11.6 Å². The average molecular weight is 310 g/mol. The van der Waals surface area contributed by atoms with Crippen LogP contribution in [-0.2, 0) is 11.2 Å². The van der Waals surface area contributed by atoms with Crippen molar-refractivity contribution in [3.63, 3.8) is 0 Å². The highest BCUT2D eigenvalue weighted by Gasteiger charge is 2.34. The molecular weight excluding hydrogens is 286 g/mol. The van der Waals surface area contributed by atoms with E-state index in [9.17, 15) is 4.79 Å². The number of pyridine rings is 1. The highest BCUT2D eigenvalue weighted by Crippen LogP contribution is 2.39. The van der Waals surface area contributed by atoms with Crippen molar-refractivity contribution in [3.8, 4) is 0 Å². The standard InChI is InChI=1S/C17H24ClNO2/c1-5-13-7-12(8-15(18)19-13)16(20)21-14-6-11(2)9-17(3,4)10-14/h7-8,11,14H,5-6,9-10H2,1-4H3. The van der Waals surface area contributed by atoms with Gasteiger partial charge in [0.15, 0.2) is 0 Å². The molecule has 1 heterocycles. The van der Waals surface area contributed by atoms with E-state index < -0.39 is 0 Å². The Morgan fingerprint density at radius 2 is 2.14 bits per heavy atom. The number of nitrogens with zero attached hydrogens (tertiary/aromatic N) is 1. The molecule has 1 aliphatic carbocycles. The van der Waals surface area contributed by atoms with Crippen LogP contribution in [0.4, 0.5) is 0 Å². The summed E-state index contributed by atoms with van der Waals surface area (Å²) in [6.07, 6.45) is 3.78. The molecule has 0 aromatic carbocycles. The van der Waals surface area contributed by atoms with Gasteiger partial charge in [-0.1, -0.05) is 39.3 Å². The first-order chi connectivity index (χ1) is 9.79. The highest BCUT2D eigenvalue weighted by molar-refractivity contribution is 6.29. The van der Waals surface area contributed by atoms with Crippen molar-refractivity contribution in [1.82, 2.24) is 4.98 Å². The molecule has 3 nitrogen and oxygen atoms in total. The Balaban J connectivity index is 2.09. The fraction of sp³-hybridized carbons (Fsp3) is 0.647. The maximum atomic E-state index is 12.3. The van der Waals surface area contributed by atoms with Gasteiger partial charge in [0.2, 0.25) is 0 Å². The Bertz CT molecular complexity index is 528. The van der Waals surface area contributed by atoms with Crippen LogP contribution in [0.5, 0.6) is 0 Å². The van der Waals surface area contributed by atoms with E-state index in [4.69, 9.17) is 16.3 Å². The molecular formula is C17H24ClNO2. The molecule has 2 atom stereocenters. The van der Waals surface area contributed by atoms with Gasteiger partial charge in [-0.15, -0.1) is 0 Å². The predicted octanol–water partition coefficient (Wildman–Crippen LogP) is 4.67. The molecule has 1 aromatic heterocycles. The smallest absolute Gasteiger partial charge is 0.338 e. The third-order valence-electron chi connectivity index (χ3n) is 4.07. The number of aromatic nitrogens is 1. The van der Waals surface area contributed by atoms with Crippen LogP contribution in [0.1, 0.15) is 63.0 Å². The van der Waals surface area contributed by atoms with E-state index in [1.165, 1.54) is 6.42 Å². The van der Waals surface area contributed by atoms with Gasteiger partial charge >= 0.3 is 5.97 Å². The first-order valence-electron chi connectivity index (χ1n) is 7.66. The maximum Gasteiger partial charge on any atom is 0.338 e. The molecule has 1 aromatic rings. The Morgan fingerprint density at radius 3 is 2.76 bits per heavy atom. The van der Waals surface area contributed by atoms with Crippen molar-refractivity contribution in [2.24, 2.45) is 11.3 Å². The molecule has 0 saturated heterocycles. The Hall–Kier alpha value is -1.09. The van der Waals surface area contributed by atoms with Gasteiger partial charge in [-0.05, 0) is 49.1 Å². The second kappa shape index (κ2) is 6.35. The first-order valence-corrected chi connectivity index (χ1v) is 8.04. The lowest BCUT2D eigenvalue weighted by molar-refractivity contribution is -0.00716. The van der Waals surface area contributed by atoms with Gasteiger partial charge in [0.1, 0.15) is 11.3 Å². The Kier molecular flexibility index (Phi) is 4.92. The highest BCUT2D eigenvalue weighted by atomic mass is 35.5. The summed E-state index contributed by atoms with van der Waals surface area (Å²) in [5.74, 6) is 0.294. The van der Waals surface area contributed by atoms with E-state index in [2.05, 4.69) is 25.8 Å². The number of aryl methyl sites for hydroxylation is 1. The molecule has 4 heteroatoms. The summed E-state index contributed by atoms with van der Waals surface area (Å²) < 4.78 is 5.71. The molecule has 1 fully saturated rings. The summed E-state index contributed by atoms with van der Waals surface area (Å²) in [4.78, 5) is 16.5. The lowest BCUT2D eigenvalue weighted by Gasteiger charge is -2.38. The van der Waals surface area contributed by atoms with E-state index in [1.54, 1.807) is 12.1 Å². The van der Waals surface area contributed by atoms with Crippen molar-refractivity contribution in [2.45, 2.75) is 59.5 Å². The van der Waals surface area contributed by atoms with Crippen molar-refractivity contribution < 1.29 is 9.53 Å². The Morgan fingerprint density at radius 1 is 1.43 bits per heavy atom. The lowest BCUT2D eigenvalue weighted by Crippen LogP contribution is -2.34. The first kappa shape index (κ1) is 16.3. The van der Waals surface area contributed by atoms with Gasteiger partial charge in [0.05, 0.1) is 5.56 Å². The number of ether oxygens (including phenoxy) is 1. The Labute approximate surface area is 132 Å². The van der Waals surface area contributed by atoms with Crippen LogP contribution in [0.25, 0.3) is 0 Å². The lowest BCUT2D eigenvalue weighted by atomic mass is 9.71. The van der Waals surface area contributed by atoms with Gasteiger partial charge < -0.3 is 4.74 Å². The van der Waals surface area contributed by atoms with Crippen molar-refractivity contribution in [2.75, 3.05) is 0 Å². The second-order valence-electron chi connectivity index (χ2n) is 6.96. The molecule has 0 spiro atoms. The SMILES string of the molecule is CCc1cc(C(=O)OC2CC(C)CC(C)(C)C2)cc(Cl)n1. The molecule has 2 rings (SSSR count). The molecule has 0 aliphatic heterocycles. The third kappa shape index (κ3) is 4.44. The molecule has 21 heavy (non-hydrogen) atoms. The third-order valence-corrected chi connectivity index (χ3v) is 4.26. The van der Waals surface area contributed by atoms with Crippen molar-refractivity contribution in [1.29, 1.82) is 0 Å². The summed E-state index contributed by atoms with van der Waals surface area (Å²) in [6.45, 7) is 8.68. The molecule has 1 aliphatic rings. The number of hydrogen-bond acceptors (Lipinski definition) is 3. The minimum atomic E-state index is -0.288. The van der Waals surface area contributed by atoms with Gasteiger partial charge in [0, 0.05) is 5.69 Å². The zero-order valence-electron chi connectivity index (χ0n) is 13.3. The fourth-order valence-electron chi connectivity index (χ4n) is 3.42. The second-order valence-corrected chi connectivity index (χ2v) is 7.35. The largest absolute Gasteiger partial charge is 0.459 e. The van der Waals surface area contributed by atoms with Crippen LogP contribution in [0.15, 0.2) is 12.1 Å². The van der Waals surface area contributed by atoms with E-state index in [-0.39, 0.29) is 17.5 Å². The fourth-order valence-corrected chi connectivity index (χ4v) is 3.64. The molecule has 116 valence electrons. The van der Waals surface area contributed by atoms with E-state index in [1.807, 2.05) is 6.92 Å². The minimum absolute atomic E-state index is 0.00623. The van der Waals surface area contributed by atoms with E-state index in [0.717, 1.165) is 25.0 Å². The van der Waals surface area contributed by atoms with Gasteiger partial charge in [-0.2, -0.15) is 0 Å². The zero-order chi connectivity index (χ0) is 15.6. The van der Waals surface area contributed by atoms with Gasteiger partial charge in [-0.3, -0.25) is 0 Å². The maximum absolute atomic E-state index is 12.3. The number of rotatable bonds is 3. The summed E-state index contributed by atoms with van der Waals surface area (Å²) in [7, 11) is 0. The topological polar surface area (TPSA) is 39.2 Å². The molecule has 2 unspecified atom stereocenters. The van der Waals surface area contributed by atoms with Crippen LogP contribution in [0, 0.1) is 11.3 Å². The predicted molar refractivity (Wildman–Crippen MR) is 84.6 cm³/mol. The minimum Gasteiger partial charge on any atom is -0.459 e. The number of halogens is 1. The summed E-state index contributed by atoms with van der Waals surface area (Å²) >= 11 is 5.97. The van der Waals surface area contributed by atoms with Crippen molar-refractivity contribution >= 4 is 17.6 Å². The normalized spacial score (nSPS) is 24.6. The average Bonchev–Trinajstić information content (AvgIpc) is 2.35. The number of carbonyl (C=O) groups is 1. The summed E-state index contributed by atoms with van der Waals surface area (Å²) in [6, 6.07) is 3.35. The molecule has 0 radical (unpaired) electrons. The van der Waals surface area contributed by atoms with Crippen LogP contribution < -0.4 is 0 Å². The van der Waals surface area contributed by atoms with E-state index >= 15 is 0 Å². The zero-order valence-corrected chi connectivity index (χ0v) is 14.0. The molecule has 1 saturated carbocycles.